The Morgan fingerprint density at radius 1 is 1.17 bits per heavy atom. The van der Waals surface area contributed by atoms with E-state index < -0.39 is 34.5 Å². The number of amides is 1. The predicted octanol–water partition coefficient (Wildman–Crippen LogP) is 1.78. The molecule has 0 unspecified atom stereocenters. The highest BCUT2D eigenvalue weighted by atomic mass is 32.2. The van der Waals surface area contributed by atoms with Crippen LogP contribution in [0.3, 0.4) is 0 Å². The topological polar surface area (TPSA) is 125 Å². The summed E-state index contributed by atoms with van der Waals surface area (Å²) in [5, 5.41) is 7.71. The Hall–Kier alpha value is -3.17. The summed E-state index contributed by atoms with van der Waals surface area (Å²) in [6.07, 6.45) is 2.77. The first kappa shape index (κ1) is 22.1. The minimum absolute atomic E-state index is 0.0171. The predicted molar refractivity (Wildman–Crippen MR) is 107 cm³/mol. The lowest BCUT2D eigenvalue weighted by molar-refractivity contribution is -0.144. The Morgan fingerprint density at radius 3 is 2.48 bits per heavy atom. The van der Waals surface area contributed by atoms with Crippen molar-refractivity contribution in [2.45, 2.75) is 17.9 Å². The van der Waals surface area contributed by atoms with Crippen LogP contribution in [0.1, 0.15) is 24.1 Å². The summed E-state index contributed by atoms with van der Waals surface area (Å²) in [6, 6.07) is 12.5. The van der Waals surface area contributed by atoms with Crippen molar-refractivity contribution < 1.29 is 27.5 Å². The van der Waals surface area contributed by atoms with Gasteiger partial charge in [-0.15, -0.1) is 0 Å². The zero-order valence-corrected chi connectivity index (χ0v) is 16.8. The molecule has 9 heteroatoms. The monoisotopic (exact) mass is 418 g/mol. The van der Waals surface area contributed by atoms with Gasteiger partial charge in [-0.1, -0.05) is 24.3 Å². The molecular formula is C20H22N2O6S. The van der Waals surface area contributed by atoms with Gasteiger partial charge in [0.25, 0.3) is 5.91 Å². The zero-order valence-electron chi connectivity index (χ0n) is 16.0. The van der Waals surface area contributed by atoms with Crippen LogP contribution in [0.4, 0.5) is 0 Å². The molecule has 0 fully saturated rings. The third-order valence-corrected chi connectivity index (χ3v) is 4.87. The number of carbonyl (C=O) groups excluding carboxylic acids is 2. The van der Waals surface area contributed by atoms with E-state index in [1.54, 1.807) is 56.5 Å². The van der Waals surface area contributed by atoms with Gasteiger partial charge in [0.15, 0.2) is 6.61 Å². The fraction of sp³-hybridized carbons (Fsp3) is 0.200. The van der Waals surface area contributed by atoms with E-state index in [4.69, 9.17) is 14.6 Å². The van der Waals surface area contributed by atoms with Gasteiger partial charge in [0, 0.05) is 6.08 Å². The molecular weight excluding hydrogens is 396 g/mol. The lowest BCUT2D eigenvalue weighted by Gasteiger charge is -2.14. The smallest absolute Gasteiger partial charge is 0.331 e. The molecule has 1 atom stereocenters. The first-order chi connectivity index (χ1) is 13.7. The first-order valence-electron chi connectivity index (χ1n) is 8.60. The number of primary sulfonamides is 1. The molecule has 2 rings (SSSR count). The normalized spacial score (nSPS) is 12.4. The van der Waals surface area contributed by atoms with Crippen molar-refractivity contribution in [1.29, 1.82) is 0 Å². The van der Waals surface area contributed by atoms with Gasteiger partial charge in [-0.25, -0.2) is 18.4 Å². The van der Waals surface area contributed by atoms with Gasteiger partial charge in [-0.3, -0.25) is 4.79 Å². The van der Waals surface area contributed by atoms with Crippen LogP contribution in [0.5, 0.6) is 5.75 Å². The first-order valence-corrected chi connectivity index (χ1v) is 10.1. The molecule has 0 heterocycles. The van der Waals surface area contributed by atoms with Crippen molar-refractivity contribution in [3.63, 3.8) is 0 Å². The van der Waals surface area contributed by atoms with Crippen molar-refractivity contribution in [3.8, 4) is 5.75 Å². The third kappa shape index (κ3) is 7.05. The van der Waals surface area contributed by atoms with Crippen LogP contribution in [0.15, 0.2) is 59.5 Å². The maximum absolute atomic E-state index is 12.0. The Balaban J connectivity index is 1.84. The number of rotatable bonds is 8. The molecule has 0 bridgehead atoms. The highest BCUT2D eigenvalue weighted by Gasteiger charge is 2.13. The Labute approximate surface area is 169 Å². The van der Waals surface area contributed by atoms with Gasteiger partial charge in [0.1, 0.15) is 5.75 Å². The van der Waals surface area contributed by atoms with Crippen LogP contribution in [0.2, 0.25) is 0 Å². The number of carbonyl (C=O) groups is 2. The fourth-order valence-corrected chi connectivity index (χ4v) is 2.92. The Kier molecular flexibility index (Phi) is 7.52. The number of esters is 1. The van der Waals surface area contributed by atoms with Crippen LogP contribution in [-0.2, 0) is 24.3 Å². The van der Waals surface area contributed by atoms with E-state index in [2.05, 4.69) is 5.32 Å². The highest BCUT2D eigenvalue weighted by molar-refractivity contribution is 7.89. The van der Waals surface area contributed by atoms with E-state index in [9.17, 15) is 18.0 Å². The molecule has 8 nitrogen and oxygen atoms in total. The van der Waals surface area contributed by atoms with Crippen molar-refractivity contribution in [2.24, 2.45) is 5.14 Å². The summed E-state index contributed by atoms with van der Waals surface area (Å²) >= 11 is 0. The number of hydrogen-bond donors (Lipinski definition) is 2. The summed E-state index contributed by atoms with van der Waals surface area (Å²) in [4.78, 5) is 23.7. The molecule has 0 aliphatic carbocycles. The van der Waals surface area contributed by atoms with Gasteiger partial charge >= 0.3 is 5.97 Å². The standard InChI is InChI=1S/C20H22N2O6S/c1-14(16-7-9-18(10-8-16)29(21,25)26)22-19(23)13-28-20(24)11-6-15-4-3-5-17(12-15)27-2/h3-12,14H,13H2,1-2H3,(H,22,23)(H2,21,25,26)/b11-6+/t14-/m0/s1. The summed E-state index contributed by atoms with van der Waals surface area (Å²) in [5.74, 6) is -0.491. The van der Waals surface area contributed by atoms with E-state index in [0.29, 0.717) is 11.3 Å². The second-order valence-electron chi connectivity index (χ2n) is 6.12. The molecule has 29 heavy (non-hydrogen) atoms. The quantitative estimate of drug-likeness (QED) is 0.497. The van der Waals surface area contributed by atoms with Gasteiger partial charge in [0.05, 0.1) is 18.0 Å². The van der Waals surface area contributed by atoms with Crippen LogP contribution in [-0.4, -0.2) is 34.0 Å². The maximum atomic E-state index is 12.0. The van der Waals surface area contributed by atoms with Crippen molar-refractivity contribution in [3.05, 3.63) is 65.7 Å². The van der Waals surface area contributed by atoms with Crippen LogP contribution in [0, 0.1) is 0 Å². The van der Waals surface area contributed by atoms with Crippen molar-refractivity contribution >= 4 is 28.0 Å². The number of ether oxygens (including phenoxy) is 2. The molecule has 0 aromatic heterocycles. The average molecular weight is 418 g/mol. The number of sulfonamides is 1. The van der Waals surface area contributed by atoms with Crippen molar-refractivity contribution in [1.82, 2.24) is 5.32 Å². The number of methoxy groups -OCH3 is 1. The summed E-state index contributed by atoms with van der Waals surface area (Å²) in [6.45, 7) is 1.27. The molecule has 0 aliphatic rings. The molecule has 0 radical (unpaired) electrons. The van der Waals surface area contributed by atoms with E-state index in [0.717, 1.165) is 5.56 Å². The molecule has 154 valence electrons. The Bertz CT molecular complexity index is 1000. The van der Waals surface area contributed by atoms with E-state index in [-0.39, 0.29) is 4.90 Å². The van der Waals surface area contributed by atoms with Gasteiger partial charge in [-0.2, -0.15) is 0 Å². The minimum Gasteiger partial charge on any atom is -0.497 e. The minimum atomic E-state index is -3.77. The third-order valence-electron chi connectivity index (χ3n) is 3.94. The molecule has 2 aromatic carbocycles. The van der Waals surface area contributed by atoms with Crippen LogP contribution in [0.25, 0.3) is 6.08 Å². The second kappa shape index (κ2) is 9.85. The average Bonchev–Trinajstić information content (AvgIpc) is 2.70. The lowest BCUT2D eigenvalue weighted by Crippen LogP contribution is -2.30. The van der Waals surface area contributed by atoms with E-state index >= 15 is 0 Å². The largest absolute Gasteiger partial charge is 0.497 e. The van der Waals surface area contributed by atoms with Gasteiger partial charge in [0.2, 0.25) is 10.0 Å². The molecule has 0 aliphatic heterocycles. The molecule has 3 N–H and O–H groups in total. The highest BCUT2D eigenvalue weighted by Crippen LogP contribution is 2.16. The van der Waals surface area contributed by atoms with E-state index in [1.165, 1.54) is 18.2 Å². The summed E-state index contributed by atoms with van der Waals surface area (Å²) < 4.78 is 32.5. The fourth-order valence-electron chi connectivity index (χ4n) is 2.41. The molecule has 1 amide bonds. The molecule has 0 spiro atoms. The molecule has 0 saturated heterocycles. The van der Waals surface area contributed by atoms with E-state index in [1.807, 2.05) is 0 Å². The molecule has 2 aromatic rings. The SMILES string of the molecule is COc1cccc(/C=C/C(=O)OCC(=O)N[C@@H](C)c2ccc(S(N)(=O)=O)cc2)c1. The number of nitrogens with one attached hydrogen (secondary N) is 1. The zero-order chi connectivity index (χ0) is 21.4. The van der Waals surface area contributed by atoms with Crippen LogP contribution < -0.4 is 15.2 Å². The number of nitrogens with two attached hydrogens (primary N) is 1. The maximum Gasteiger partial charge on any atom is 0.331 e. The second-order valence-corrected chi connectivity index (χ2v) is 7.68. The van der Waals surface area contributed by atoms with Crippen molar-refractivity contribution in [2.75, 3.05) is 13.7 Å². The van der Waals surface area contributed by atoms with Gasteiger partial charge < -0.3 is 14.8 Å². The molecule has 0 saturated carbocycles. The number of benzene rings is 2. The number of hydrogen-bond acceptors (Lipinski definition) is 6. The lowest BCUT2D eigenvalue weighted by atomic mass is 10.1. The van der Waals surface area contributed by atoms with Crippen LogP contribution >= 0.6 is 0 Å². The van der Waals surface area contributed by atoms with Gasteiger partial charge in [-0.05, 0) is 48.4 Å². The summed E-state index contributed by atoms with van der Waals surface area (Å²) in [5.41, 5.74) is 1.43. The Morgan fingerprint density at radius 2 is 1.86 bits per heavy atom. The summed E-state index contributed by atoms with van der Waals surface area (Å²) in [7, 11) is -2.23.